The molecule has 34 heavy (non-hydrogen) atoms. The summed E-state index contributed by atoms with van der Waals surface area (Å²) >= 11 is 13.7. The molecule has 2 aromatic rings. The second kappa shape index (κ2) is 10.1. The van der Waals surface area contributed by atoms with Gasteiger partial charge in [-0.3, -0.25) is 10.2 Å². The summed E-state index contributed by atoms with van der Waals surface area (Å²) in [5.41, 5.74) is 1.58. The van der Waals surface area contributed by atoms with Crippen LogP contribution in [0.3, 0.4) is 0 Å². The maximum Gasteiger partial charge on any atom is 0.283 e. The zero-order chi connectivity index (χ0) is 24.4. The standard InChI is InChI=1S/C23H20Cl2N4O4S/c1-12-8-15(4-5-17(12)24)32-6-7-33-20-18(25)10-14(11-19(20)31-3)9-16-21(26)29-23(27-22(16)30)34-13(2)28-29/h4-5,8-11,26H,6-7H2,1-3H3/b16-9-,26-21?. The number of amides is 1. The van der Waals surface area contributed by atoms with E-state index in [4.69, 9.17) is 42.8 Å². The molecular formula is C23H20Cl2N4O4S. The molecule has 176 valence electrons. The van der Waals surface area contributed by atoms with Crippen LogP contribution in [0.2, 0.25) is 10.0 Å². The predicted octanol–water partition coefficient (Wildman–Crippen LogP) is 5.41. The van der Waals surface area contributed by atoms with Crippen LogP contribution < -0.4 is 14.2 Å². The molecule has 1 amide bonds. The number of nitrogens with zero attached hydrogens (tertiary/aromatic N) is 3. The minimum Gasteiger partial charge on any atom is -0.493 e. The summed E-state index contributed by atoms with van der Waals surface area (Å²) in [5, 5.41) is 16.0. The summed E-state index contributed by atoms with van der Waals surface area (Å²) in [6.45, 7) is 4.20. The Balaban J connectivity index is 1.48. The average molecular weight is 519 g/mol. The van der Waals surface area contributed by atoms with Gasteiger partial charge in [0, 0.05) is 5.02 Å². The number of ether oxygens (including phenoxy) is 3. The quantitative estimate of drug-likeness (QED) is 0.388. The Morgan fingerprint density at radius 2 is 1.88 bits per heavy atom. The number of hydrogen-bond acceptors (Lipinski definition) is 7. The van der Waals surface area contributed by atoms with Gasteiger partial charge in [0.05, 0.1) is 22.7 Å². The SMILES string of the molecule is COc1cc(/C=C2/C(=N)N3N=C(C)SC3=NC2=O)cc(Cl)c1OCCOc1ccc(Cl)c(C)c1. The molecule has 2 aliphatic rings. The maximum absolute atomic E-state index is 12.5. The highest BCUT2D eigenvalue weighted by Gasteiger charge is 2.34. The van der Waals surface area contributed by atoms with Gasteiger partial charge in [-0.1, -0.05) is 23.2 Å². The predicted molar refractivity (Wildman–Crippen MR) is 136 cm³/mol. The van der Waals surface area contributed by atoms with Crippen molar-refractivity contribution in [3.8, 4) is 17.2 Å². The molecule has 11 heteroatoms. The third kappa shape index (κ3) is 5.06. The Hall–Kier alpha value is -3.01. The normalized spacial score (nSPS) is 16.4. The lowest BCUT2D eigenvalue weighted by Crippen LogP contribution is -2.35. The summed E-state index contributed by atoms with van der Waals surface area (Å²) in [5.74, 6) is 0.852. The number of benzene rings is 2. The summed E-state index contributed by atoms with van der Waals surface area (Å²) in [6.07, 6.45) is 1.53. The van der Waals surface area contributed by atoms with Crippen molar-refractivity contribution in [3.63, 3.8) is 0 Å². The molecule has 0 saturated heterocycles. The molecule has 2 aliphatic heterocycles. The van der Waals surface area contributed by atoms with E-state index in [1.807, 2.05) is 13.0 Å². The fraction of sp³-hybridized carbons (Fsp3) is 0.217. The summed E-state index contributed by atoms with van der Waals surface area (Å²) < 4.78 is 16.9. The number of carbonyl (C=O) groups is 1. The lowest BCUT2D eigenvalue weighted by molar-refractivity contribution is -0.114. The van der Waals surface area contributed by atoms with Gasteiger partial charge in [-0.25, -0.2) is 0 Å². The minimum atomic E-state index is -0.515. The Labute approximate surface area is 210 Å². The van der Waals surface area contributed by atoms with Crippen molar-refractivity contribution in [2.24, 2.45) is 10.1 Å². The van der Waals surface area contributed by atoms with E-state index in [-0.39, 0.29) is 29.6 Å². The topological polar surface area (TPSA) is 96.6 Å². The Bertz CT molecular complexity index is 1280. The van der Waals surface area contributed by atoms with E-state index in [9.17, 15) is 4.79 Å². The largest absolute Gasteiger partial charge is 0.493 e. The fourth-order valence-corrected chi connectivity index (χ4v) is 4.35. The third-order valence-electron chi connectivity index (χ3n) is 4.85. The summed E-state index contributed by atoms with van der Waals surface area (Å²) in [4.78, 5) is 16.5. The number of fused-ring (bicyclic) bond motifs is 1. The first kappa shape index (κ1) is 24.1. The molecule has 2 heterocycles. The number of hydrogen-bond donors (Lipinski definition) is 1. The van der Waals surface area contributed by atoms with Crippen LogP contribution in [0.5, 0.6) is 17.2 Å². The van der Waals surface area contributed by atoms with Crippen LogP contribution in [0.4, 0.5) is 0 Å². The Morgan fingerprint density at radius 3 is 2.62 bits per heavy atom. The van der Waals surface area contributed by atoms with E-state index in [2.05, 4.69) is 10.1 Å². The Morgan fingerprint density at radius 1 is 1.12 bits per heavy atom. The second-order valence-electron chi connectivity index (χ2n) is 7.28. The van der Waals surface area contributed by atoms with Crippen molar-refractivity contribution in [3.05, 3.63) is 57.1 Å². The van der Waals surface area contributed by atoms with Crippen LogP contribution in [0, 0.1) is 12.3 Å². The highest BCUT2D eigenvalue weighted by atomic mass is 35.5. The molecule has 0 aromatic heterocycles. The first-order valence-electron chi connectivity index (χ1n) is 10.1. The number of nitrogens with one attached hydrogen (secondary N) is 1. The number of amidine groups is 2. The van der Waals surface area contributed by atoms with Gasteiger partial charge in [0.2, 0.25) is 5.17 Å². The molecule has 2 aromatic carbocycles. The van der Waals surface area contributed by atoms with Crippen LogP contribution in [-0.4, -0.2) is 47.3 Å². The molecule has 0 unspecified atom stereocenters. The summed E-state index contributed by atoms with van der Waals surface area (Å²) in [6, 6.07) is 8.71. The average Bonchev–Trinajstić information content (AvgIpc) is 3.17. The van der Waals surface area contributed by atoms with E-state index < -0.39 is 5.91 Å². The highest BCUT2D eigenvalue weighted by molar-refractivity contribution is 8.26. The van der Waals surface area contributed by atoms with E-state index in [1.165, 1.54) is 30.0 Å². The van der Waals surface area contributed by atoms with Gasteiger partial charge in [0.1, 0.15) is 19.0 Å². The van der Waals surface area contributed by atoms with Crippen LogP contribution in [0.1, 0.15) is 18.1 Å². The lowest BCUT2D eigenvalue weighted by Gasteiger charge is -2.20. The van der Waals surface area contributed by atoms with Crippen molar-refractivity contribution in [1.82, 2.24) is 5.01 Å². The van der Waals surface area contributed by atoms with Gasteiger partial charge in [-0.2, -0.15) is 15.1 Å². The smallest absolute Gasteiger partial charge is 0.283 e. The molecule has 0 radical (unpaired) electrons. The van der Waals surface area contributed by atoms with Crippen molar-refractivity contribution in [2.45, 2.75) is 13.8 Å². The zero-order valence-corrected chi connectivity index (χ0v) is 20.8. The van der Waals surface area contributed by atoms with Gasteiger partial charge in [-0.05, 0) is 73.1 Å². The van der Waals surface area contributed by atoms with Gasteiger partial charge in [0.25, 0.3) is 5.91 Å². The van der Waals surface area contributed by atoms with Gasteiger partial charge < -0.3 is 14.2 Å². The second-order valence-corrected chi connectivity index (χ2v) is 9.26. The molecule has 0 aliphatic carbocycles. The number of aryl methyl sites for hydroxylation is 1. The van der Waals surface area contributed by atoms with Crippen LogP contribution in [0.25, 0.3) is 6.08 Å². The number of carbonyl (C=O) groups excluding carboxylic acids is 1. The molecule has 0 spiro atoms. The van der Waals surface area contributed by atoms with Crippen molar-refractivity contribution in [2.75, 3.05) is 20.3 Å². The molecule has 0 fully saturated rings. The number of rotatable bonds is 7. The minimum absolute atomic E-state index is 0.0515. The number of aliphatic imine (C=N–C) groups is 1. The highest BCUT2D eigenvalue weighted by Crippen LogP contribution is 2.37. The third-order valence-corrected chi connectivity index (χ3v) is 6.37. The molecule has 0 saturated carbocycles. The molecule has 4 rings (SSSR count). The van der Waals surface area contributed by atoms with E-state index in [0.717, 1.165) is 5.56 Å². The molecule has 0 bridgehead atoms. The molecular weight excluding hydrogens is 499 g/mol. The molecule has 0 atom stereocenters. The molecule has 8 nitrogen and oxygen atoms in total. The number of thioether (sulfide) groups is 1. The van der Waals surface area contributed by atoms with Crippen LogP contribution in [-0.2, 0) is 4.79 Å². The van der Waals surface area contributed by atoms with Crippen molar-refractivity contribution < 1.29 is 19.0 Å². The van der Waals surface area contributed by atoms with E-state index >= 15 is 0 Å². The number of methoxy groups -OCH3 is 1. The van der Waals surface area contributed by atoms with Gasteiger partial charge >= 0.3 is 0 Å². The molecule has 1 N–H and O–H groups in total. The van der Waals surface area contributed by atoms with Crippen molar-refractivity contribution in [1.29, 1.82) is 5.41 Å². The lowest BCUT2D eigenvalue weighted by atomic mass is 10.1. The van der Waals surface area contributed by atoms with Crippen molar-refractivity contribution >= 4 is 63.0 Å². The fourth-order valence-electron chi connectivity index (χ4n) is 3.23. The van der Waals surface area contributed by atoms with E-state index in [1.54, 1.807) is 31.2 Å². The van der Waals surface area contributed by atoms with Gasteiger partial charge in [-0.15, -0.1) is 0 Å². The number of hydrazone groups is 1. The number of halogens is 2. The summed E-state index contributed by atoms with van der Waals surface area (Å²) in [7, 11) is 1.49. The monoisotopic (exact) mass is 518 g/mol. The Kier molecular flexibility index (Phi) is 7.16. The zero-order valence-electron chi connectivity index (χ0n) is 18.5. The first-order chi connectivity index (χ1) is 16.3. The van der Waals surface area contributed by atoms with Crippen LogP contribution >= 0.6 is 35.0 Å². The van der Waals surface area contributed by atoms with Gasteiger partial charge in [0.15, 0.2) is 17.3 Å². The van der Waals surface area contributed by atoms with Crippen LogP contribution in [0.15, 0.2) is 46.0 Å². The van der Waals surface area contributed by atoms with E-state index in [0.29, 0.717) is 38.0 Å². The first-order valence-corrected chi connectivity index (χ1v) is 11.7. The maximum atomic E-state index is 12.5.